The van der Waals surface area contributed by atoms with Crippen molar-refractivity contribution >= 4 is 35.0 Å². The van der Waals surface area contributed by atoms with Gasteiger partial charge < -0.3 is 9.64 Å². The molecule has 6 rings (SSSR count). The van der Waals surface area contributed by atoms with Crippen LogP contribution in [-0.4, -0.2) is 34.9 Å². The van der Waals surface area contributed by atoms with Crippen LogP contribution in [0.25, 0.3) is 0 Å². The van der Waals surface area contributed by atoms with Crippen molar-refractivity contribution in [1.82, 2.24) is 5.32 Å². The number of carbonyl (C=O) groups excluding carboxylic acids is 3. The Bertz CT molecular complexity index is 1550. The van der Waals surface area contributed by atoms with Gasteiger partial charge in [-0.2, -0.15) is 10.1 Å². The lowest BCUT2D eigenvalue weighted by molar-refractivity contribution is -0.139. The Morgan fingerprint density at radius 2 is 1.56 bits per heavy atom. The molecule has 3 aromatic rings. The van der Waals surface area contributed by atoms with Gasteiger partial charge in [-0.05, 0) is 57.4 Å². The molecule has 0 spiro atoms. The lowest BCUT2D eigenvalue weighted by atomic mass is 9.72. The SMILES string of the molecule is CC(C)(C)OC(=O)N[C@]1([C@]2(F)C(=O)N(c3ccccc3)N=C2C2CC2)C(=O)N(Cc2ccccc2)c2ccccc21. The number of amides is 3. The van der Waals surface area contributed by atoms with Gasteiger partial charge in [-0.15, -0.1) is 0 Å². The highest BCUT2D eigenvalue weighted by Gasteiger charge is 2.75. The molecular weight excluding hydrogens is 523 g/mol. The third-order valence-electron chi connectivity index (χ3n) is 7.57. The minimum absolute atomic E-state index is 0.0628. The maximum atomic E-state index is 18.4. The summed E-state index contributed by atoms with van der Waals surface area (Å²) in [7, 11) is 0. The zero-order chi connectivity index (χ0) is 29.0. The third kappa shape index (κ3) is 4.27. The number of hydrogen-bond acceptors (Lipinski definition) is 5. The van der Waals surface area contributed by atoms with Gasteiger partial charge in [0.05, 0.1) is 23.6 Å². The molecular formula is C32H31FN4O4. The number of hydrogen-bond donors (Lipinski definition) is 1. The molecule has 41 heavy (non-hydrogen) atoms. The molecule has 1 fully saturated rings. The van der Waals surface area contributed by atoms with Gasteiger partial charge in [-0.25, -0.2) is 9.18 Å². The molecule has 0 aromatic heterocycles. The number of nitrogens with one attached hydrogen (secondary N) is 1. The molecule has 2 atom stereocenters. The van der Waals surface area contributed by atoms with E-state index in [1.54, 1.807) is 75.4 Å². The summed E-state index contributed by atoms with van der Waals surface area (Å²) in [6.45, 7) is 5.12. The second kappa shape index (κ2) is 9.54. The van der Waals surface area contributed by atoms with Crippen molar-refractivity contribution in [3.63, 3.8) is 0 Å². The summed E-state index contributed by atoms with van der Waals surface area (Å²) in [5.74, 6) is -2.16. The normalized spacial score (nSPS) is 23.9. The highest BCUT2D eigenvalue weighted by molar-refractivity contribution is 6.29. The van der Waals surface area contributed by atoms with Crippen molar-refractivity contribution in [3.8, 4) is 0 Å². The van der Waals surface area contributed by atoms with Crippen LogP contribution in [0.15, 0.2) is 90.0 Å². The fraction of sp³-hybridized carbons (Fsp3) is 0.312. The zero-order valence-corrected chi connectivity index (χ0v) is 23.1. The summed E-state index contributed by atoms with van der Waals surface area (Å²) in [5.41, 5.74) is -4.74. The average Bonchev–Trinajstić information content (AvgIpc) is 3.71. The Morgan fingerprint density at radius 3 is 2.20 bits per heavy atom. The molecule has 1 N–H and O–H groups in total. The number of ether oxygens (including phenoxy) is 1. The molecule has 3 aromatic carbocycles. The number of rotatable bonds is 6. The quantitative estimate of drug-likeness (QED) is 0.437. The molecule has 210 valence electrons. The first-order valence-electron chi connectivity index (χ1n) is 13.7. The number of alkyl halides is 1. The lowest BCUT2D eigenvalue weighted by Gasteiger charge is -2.39. The van der Waals surface area contributed by atoms with E-state index >= 15 is 4.39 Å². The zero-order valence-electron chi connectivity index (χ0n) is 23.1. The molecule has 2 aliphatic heterocycles. The minimum Gasteiger partial charge on any atom is -0.444 e. The first kappa shape index (κ1) is 26.7. The van der Waals surface area contributed by atoms with Gasteiger partial charge in [0.15, 0.2) is 5.54 Å². The standard InChI is InChI=1S/C32H31FN4O4/c1-30(2,3)41-29(40)34-32(24-16-10-11-17-25(24)36(28(32)39)20-21-12-6-4-7-13-21)31(33)26(22-18-19-22)35-37(27(31)38)23-14-8-5-9-15-23/h4-17,22H,18-20H2,1-3H3,(H,34,40)/t31-,32+/m1/s1. The third-order valence-corrected chi connectivity index (χ3v) is 7.57. The van der Waals surface area contributed by atoms with Crippen molar-refractivity contribution in [1.29, 1.82) is 0 Å². The van der Waals surface area contributed by atoms with E-state index < -0.39 is 34.7 Å². The number of para-hydroxylation sites is 2. The van der Waals surface area contributed by atoms with Gasteiger partial charge >= 0.3 is 6.09 Å². The summed E-state index contributed by atoms with van der Waals surface area (Å²) in [6.07, 6.45) is 0.222. The van der Waals surface area contributed by atoms with Gasteiger partial charge in [0.1, 0.15) is 5.60 Å². The average molecular weight is 555 g/mol. The van der Waals surface area contributed by atoms with E-state index in [-0.39, 0.29) is 23.7 Å². The minimum atomic E-state index is -3.01. The second-order valence-electron chi connectivity index (χ2n) is 11.6. The Labute approximate surface area is 237 Å². The van der Waals surface area contributed by atoms with E-state index in [9.17, 15) is 14.4 Å². The molecule has 0 radical (unpaired) electrons. The maximum absolute atomic E-state index is 18.4. The maximum Gasteiger partial charge on any atom is 0.408 e. The molecule has 0 saturated heterocycles. The van der Waals surface area contributed by atoms with Gasteiger partial charge in [-0.1, -0.05) is 66.7 Å². The molecule has 1 aliphatic carbocycles. The Kier molecular flexibility index (Phi) is 6.21. The number of benzene rings is 3. The summed E-state index contributed by atoms with van der Waals surface area (Å²) in [5, 5.41) is 8.13. The number of anilines is 2. The van der Waals surface area contributed by atoms with Crippen LogP contribution in [0, 0.1) is 5.92 Å². The van der Waals surface area contributed by atoms with E-state index in [0.29, 0.717) is 24.2 Å². The fourth-order valence-corrected chi connectivity index (χ4v) is 5.67. The number of carbonyl (C=O) groups is 3. The molecule has 3 aliphatic rings. The predicted octanol–water partition coefficient (Wildman–Crippen LogP) is 5.47. The molecule has 0 unspecified atom stereocenters. The van der Waals surface area contributed by atoms with Crippen molar-refractivity contribution in [3.05, 3.63) is 96.1 Å². The van der Waals surface area contributed by atoms with Crippen LogP contribution in [0.4, 0.5) is 20.6 Å². The molecule has 9 heteroatoms. The Hall–Kier alpha value is -4.53. The van der Waals surface area contributed by atoms with Crippen molar-refractivity contribution < 1.29 is 23.5 Å². The molecule has 1 saturated carbocycles. The number of alkyl carbamates (subject to hydrolysis) is 1. The Morgan fingerprint density at radius 1 is 0.951 bits per heavy atom. The summed E-state index contributed by atoms with van der Waals surface area (Å²) >= 11 is 0. The number of fused-ring (bicyclic) bond motifs is 1. The van der Waals surface area contributed by atoms with Crippen LogP contribution in [0.1, 0.15) is 44.7 Å². The Balaban J connectivity index is 1.56. The predicted molar refractivity (Wildman–Crippen MR) is 153 cm³/mol. The van der Waals surface area contributed by atoms with Gasteiger partial charge in [0.2, 0.25) is 0 Å². The second-order valence-corrected chi connectivity index (χ2v) is 11.6. The van der Waals surface area contributed by atoms with Crippen molar-refractivity contribution in [2.45, 2.75) is 57.0 Å². The van der Waals surface area contributed by atoms with E-state index in [1.807, 2.05) is 30.3 Å². The van der Waals surface area contributed by atoms with Crippen LogP contribution in [0.3, 0.4) is 0 Å². The highest BCUT2D eigenvalue weighted by atomic mass is 19.1. The monoisotopic (exact) mass is 554 g/mol. The number of hydrazone groups is 1. The molecule has 2 heterocycles. The van der Waals surface area contributed by atoms with Crippen LogP contribution in [0.5, 0.6) is 0 Å². The highest BCUT2D eigenvalue weighted by Crippen LogP contribution is 2.55. The number of halogens is 1. The van der Waals surface area contributed by atoms with Crippen LogP contribution in [-0.2, 0) is 26.4 Å². The topological polar surface area (TPSA) is 91.3 Å². The number of nitrogens with zero attached hydrogens (tertiary/aromatic N) is 3. The van der Waals surface area contributed by atoms with Gasteiger partial charge in [0.25, 0.3) is 17.5 Å². The smallest absolute Gasteiger partial charge is 0.408 e. The summed E-state index contributed by atoms with van der Waals surface area (Å²) < 4.78 is 23.9. The fourth-order valence-electron chi connectivity index (χ4n) is 5.67. The van der Waals surface area contributed by atoms with Gasteiger partial charge in [-0.3, -0.25) is 14.9 Å². The summed E-state index contributed by atoms with van der Waals surface area (Å²) in [4.78, 5) is 43.9. The van der Waals surface area contributed by atoms with E-state index in [1.165, 1.54) is 4.90 Å². The lowest BCUT2D eigenvalue weighted by Crippen LogP contribution is -2.70. The first-order chi connectivity index (χ1) is 19.6. The van der Waals surface area contributed by atoms with Crippen LogP contribution >= 0.6 is 0 Å². The van der Waals surface area contributed by atoms with Crippen molar-refractivity contribution in [2.24, 2.45) is 11.0 Å². The van der Waals surface area contributed by atoms with Crippen molar-refractivity contribution in [2.75, 3.05) is 9.91 Å². The molecule has 0 bridgehead atoms. The molecule has 8 nitrogen and oxygen atoms in total. The van der Waals surface area contributed by atoms with E-state index in [4.69, 9.17) is 4.74 Å². The first-order valence-corrected chi connectivity index (χ1v) is 13.7. The van der Waals surface area contributed by atoms with Crippen LogP contribution in [0.2, 0.25) is 0 Å². The van der Waals surface area contributed by atoms with Crippen LogP contribution < -0.4 is 15.2 Å². The van der Waals surface area contributed by atoms with E-state index in [2.05, 4.69) is 10.4 Å². The largest absolute Gasteiger partial charge is 0.444 e. The molecule has 3 amide bonds. The summed E-state index contributed by atoms with van der Waals surface area (Å²) in [6, 6.07) is 24.5. The van der Waals surface area contributed by atoms with Gasteiger partial charge in [0, 0.05) is 11.5 Å². The van der Waals surface area contributed by atoms with E-state index in [0.717, 1.165) is 10.6 Å².